The number of rotatable bonds is 1. The molecule has 0 aromatic carbocycles. The summed E-state index contributed by atoms with van der Waals surface area (Å²) < 4.78 is 5.11. The minimum Gasteiger partial charge on any atom is -0.440 e. The standard InChI is InChI=1S/C11H13NO3/c1-2-5-9(13)10-8-6-3-4-7-12(8)11(14)15-10/h3,6,8-10,13H,4,7H2,1H3/t8-,9-,10-/m0/s1. The molecule has 0 radical (unpaired) electrons. The van der Waals surface area contributed by atoms with Gasteiger partial charge < -0.3 is 9.84 Å². The van der Waals surface area contributed by atoms with Gasteiger partial charge in [0.15, 0.2) is 12.2 Å². The summed E-state index contributed by atoms with van der Waals surface area (Å²) in [6.45, 7) is 2.30. The average molecular weight is 207 g/mol. The average Bonchev–Trinajstić information content (AvgIpc) is 2.58. The van der Waals surface area contributed by atoms with E-state index in [0.29, 0.717) is 6.54 Å². The molecular weight excluding hydrogens is 194 g/mol. The van der Waals surface area contributed by atoms with Crippen molar-refractivity contribution in [1.82, 2.24) is 4.90 Å². The molecule has 4 heteroatoms. The van der Waals surface area contributed by atoms with Crippen LogP contribution >= 0.6 is 0 Å². The highest BCUT2D eigenvalue weighted by molar-refractivity contribution is 5.71. The molecule has 4 nitrogen and oxygen atoms in total. The van der Waals surface area contributed by atoms with Gasteiger partial charge in [-0.1, -0.05) is 18.1 Å². The van der Waals surface area contributed by atoms with Crippen LogP contribution in [0.3, 0.4) is 0 Å². The number of aliphatic hydroxyl groups excluding tert-OH is 1. The van der Waals surface area contributed by atoms with Gasteiger partial charge in [-0.3, -0.25) is 4.90 Å². The van der Waals surface area contributed by atoms with Gasteiger partial charge >= 0.3 is 6.09 Å². The van der Waals surface area contributed by atoms with E-state index in [0.717, 1.165) is 6.42 Å². The summed E-state index contributed by atoms with van der Waals surface area (Å²) in [5, 5.41) is 9.69. The van der Waals surface area contributed by atoms with E-state index in [1.165, 1.54) is 0 Å². The Bertz CT molecular complexity index is 353. The maximum Gasteiger partial charge on any atom is 0.410 e. The van der Waals surface area contributed by atoms with Crippen LogP contribution in [0.1, 0.15) is 13.3 Å². The van der Waals surface area contributed by atoms with Gasteiger partial charge in [0.05, 0.1) is 6.04 Å². The third-order valence-corrected chi connectivity index (χ3v) is 2.64. The first kappa shape index (κ1) is 10.1. The van der Waals surface area contributed by atoms with E-state index < -0.39 is 12.2 Å². The van der Waals surface area contributed by atoms with Gasteiger partial charge in [0.25, 0.3) is 0 Å². The van der Waals surface area contributed by atoms with Crippen LogP contribution in [0.25, 0.3) is 0 Å². The van der Waals surface area contributed by atoms with Crippen LogP contribution in [0.15, 0.2) is 12.2 Å². The van der Waals surface area contributed by atoms with E-state index in [2.05, 4.69) is 11.8 Å². The highest BCUT2D eigenvalue weighted by atomic mass is 16.6. The van der Waals surface area contributed by atoms with Gasteiger partial charge in [0.1, 0.15) is 0 Å². The van der Waals surface area contributed by atoms with Crippen LogP contribution in [0.4, 0.5) is 4.79 Å². The molecule has 15 heavy (non-hydrogen) atoms. The van der Waals surface area contributed by atoms with Crippen molar-refractivity contribution in [2.75, 3.05) is 6.54 Å². The van der Waals surface area contributed by atoms with Crippen molar-refractivity contribution in [3.8, 4) is 11.8 Å². The summed E-state index contributed by atoms with van der Waals surface area (Å²) in [5.74, 6) is 5.23. The van der Waals surface area contributed by atoms with Crippen LogP contribution in [-0.2, 0) is 4.74 Å². The first-order chi connectivity index (χ1) is 7.24. The monoisotopic (exact) mass is 207 g/mol. The number of hydrogen-bond donors (Lipinski definition) is 1. The SMILES string of the molecule is CC#C[C@H](O)[C@H]1OC(=O)N2CCC=C[C@@H]12. The predicted molar refractivity (Wildman–Crippen MR) is 54.0 cm³/mol. The highest BCUT2D eigenvalue weighted by Crippen LogP contribution is 2.26. The molecule has 0 saturated carbocycles. The van der Waals surface area contributed by atoms with Gasteiger partial charge in [-0.05, 0) is 13.3 Å². The molecule has 0 aromatic rings. The molecule has 1 amide bonds. The largest absolute Gasteiger partial charge is 0.440 e. The lowest BCUT2D eigenvalue weighted by Crippen LogP contribution is -2.41. The number of cyclic esters (lactones) is 1. The van der Waals surface area contributed by atoms with Crippen LogP contribution in [0, 0.1) is 11.8 Å². The first-order valence-corrected chi connectivity index (χ1v) is 4.98. The minimum absolute atomic E-state index is 0.165. The van der Waals surface area contributed by atoms with Crippen molar-refractivity contribution in [3.63, 3.8) is 0 Å². The number of ether oxygens (including phenoxy) is 1. The van der Waals surface area contributed by atoms with Crippen LogP contribution in [-0.4, -0.2) is 40.9 Å². The molecule has 2 heterocycles. The molecule has 0 aromatic heterocycles. The Morgan fingerprint density at radius 1 is 1.73 bits per heavy atom. The number of amides is 1. The van der Waals surface area contributed by atoms with Crippen LogP contribution in [0.2, 0.25) is 0 Å². The van der Waals surface area contributed by atoms with Gasteiger partial charge in [-0.15, -0.1) is 5.92 Å². The maximum absolute atomic E-state index is 11.4. The zero-order chi connectivity index (χ0) is 10.8. The van der Waals surface area contributed by atoms with E-state index in [1.807, 2.05) is 12.2 Å². The summed E-state index contributed by atoms with van der Waals surface area (Å²) >= 11 is 0. The fourth-order valence-electron chi connectivity index (χ4n) is 1.94. The smallest absolute Gasteiger partial charge is 0.410 e. The van der Waals surface area contributed by atoms with Gasteiger partial charge in [0.2, 0.25) is 0 Å². The molecule has 0 aliphatic carbocycles. The quantitative estimate of drug-likeness (QED) is 0.503. The summed E-state index contributed by atoms with van der Waals surface area (Å²) in [6, 6.07) is -0.165. The number of hydrogen-bond acceptors (Lipinski definition) is 3. The Morgan fingerprint density at radius 2 is 2.53 bits per heavy atom. The molecule has 0 spiro atoms. The molecule has 2 rings (SSSR count). The summed E-state index contributed by atoms with van der Waals surface area (Å²) in [6.07, 6.45) is 2.93. The van der Waals surface area contributed by atoms with Gasteiger partial charge in [0, 0.05) is 6.54 Å². The Morgan fingerprint density at radius 3 is 3.27 bits per heavy atom. The number of nitrogens with zero attached hydrogens (tertiary/aromatic N) is 1. The number of carbonyl (C=O) groups excluding carboxylic acids is 1. The Hall–Kier alpha value is -1.47. The zero-order valence-corrected chi connectivity index (χ0v) is 8.51. The molecule has 1 N–H and O–H groups in total. The molecule has 0 bridgehead atoms. The lowest BCUT2D eigenvalue weighted by atomic mass is 10.0. The molecule has 1 saturated heterocycles. The van der Waals surface area contributed by atoms with Gasteiger partial charge in [-0.2, -0.15) is 0 Å². The summed E-state index contributed by atoms with van der Waals surface area (Å²) in [4.78, 5) is 13.1. The number of fused-ring (bicyclic) bond motifs is 1. The van der Waals surface area contributed by atoms with Crippen LogP contribution < -0.4 is 0 Å². The van der Waals surface area contributed by atoms with E-state index in [-0.39, 0.29) is 12.1 Å². The van der Waals surface area contributed by atoms with Crippen molar-refractivity contribution in [1.29, 1.82) is 0 Å². The van der Waals surface area contributed by atoms with E-state index in [1.54, 1.807) is 11.8 Å². The molecule has 0 unspecified atom stereocenters. The van der Waals surface area contributed by atoms with Crippen molar-refractivity contribution >= 4 is 6.09 Å². The molecule has 2 aliphatic heterocycles. The van der Waals surface area contributed by atoms with E-state index >= 15 is 0 Å². The number of aliphatic hydroxyl groups is 1. The molecule has 3 atom stereocenters. The Labute approximate surface area is 88.5 Å². The van der Waals surface area contributed by atoms with Crippen molar-refractivity contribution < 1.29 is 14.6 Å². The third-order valence-electron chi connectivity index (χ3n) is 2.64. The van der Waals surface area contributed by atoms with Crippen molar-refractivity contribution in [2.45, 2.75) is 31.6 Å². The van der Waals surface area contributed by atoms with Crippen LogP contribution in [0.5, 0.6) is 0 Å². The molecule has 1 fully saturated rings. The second-order valence-corrected chi connectivity index (χ2v) is 3.59. The zero-order valence-electron chi connectivity index (χ0n) is 8.51. The first-order valence-electron chi connectivity index (χ1n) is 4.98. The fraction of sp³-hybridized carbons (Fsp3) is 0.545. The molecular formula is C11H13NO3. The van der Waals surface area contributed by atoms with E-state index in [9.17, 15) is 9.90 Å². The van der Waals surface area contributed by atoms with Gasteiger partial charge in [-0.25, -0.2) is 4.79 Å². The minimum atomic E-state index is -0.906. The second kappa shape index (κ2) is 3.95. The van der Waals surface area contributed by atoms with E-state index in [4.69, 9.17) is 4.74 Å². The van der Waals surface area contributed by atoms with Crippen molar-refractivity contribution in [3.05, 3.63) is 12.2 Å². The maximum atomic E-state index is 11.4. The normalized spacial score (nSPS) is 30.3. The lowest BCUT2D eigenvalue weighted by molar-refractivity contribution is 0.0554. The third kappa shape index (κ3) is 1.71. The Kier molecular flexibility index (Phi) is 2.65. The lowest BCUT2D eigenvalue weighted by Gasteiger charge is -2.25. The second-order valence-electron chi connectivity index (χ2n) is 3.59. The van der Waals surface area contributed by atoms with Crippen molar-refractivity contribution in [2.24, 2.45) is 0 Å². The topological polar surface area (TPSA) is 49.8 Å². The molecule has 80 valence electrons. The Balaban J connectivity index is 2.19. The molecule has 2 aliphatic rings. The highest BCUT2D eigenvalue weighted by Gasteiger charge is 2.44. The predicted octanol–water partition coefficient (Wildman–Crippen LogP) is 0.520. The fourth-order valence-corrected chi connectivity index (χ4v) is 1.94. The summed E-state index contributed by atoms with van der Waals surface area (Å²) in [5.41, 5.74) is 0. The number of carbonyl (C=O) groups is 1. The summed E-state index contributed by atoms with van der Waals surface area (Å²) in [7, 11) is 0.